The van der Waals surface area contributed by atoms with Crippen molar-refractivity contribution in [1.29, 1.82) is 0 Å². The van der Waals surface area contributed by atoms with E-state index in [1.165, 1.54) is 19.3 Å². The first-order chi connectivity index (χ1) is 7.79. The first-order valence-corrected chi connectivity index (χ1v) is 6.39. The fourth-order valence-electron chi connectivity index (χ4n) is 2.78. The molecule has 94 valence electrons. The van der Waals surface area contributed by atoms with Gasteiger partial charge in [0.1, 0.15) is 0 Å². The average molecular weight is 229 g/mol. The molecule has 2 aliphatic rings. The molecule has 0 aromatic rings. The van der Waals surface area contributed by atoms with E-state index in [2.05, 4.69) is 5.32 Å². The zero-order valence-electron chi connectivity index (χ0n) is 10.1. The highest BCUT2D eigenvalue weighted by molar-refractivity contribution is 4.87. The Hall–Kier alpha value is -0.160. The van der Waals surface area contributed by atoms with Gasteiger partial charge in [-0.15, -0.1) is 0 Å². The smallest absolute Gasteiger partial charge is 0.168 e. The molecular formula is C12H23NO3. The normalized spacial score (nSPS) is 30.8. The topological polar surface area (TPSA) is 50.7 Å². The van der Waals surface area contributed by atoms with Crippen molar-refractivity contribution in [1.82, 2.24) is 5.32 Å². The van der Waals surface area contributed by atoms with Crippen LogP contribution in [0, 0.1) is 0 Å². The minimum absolute atomic E-state index is 0.0928. The molecule has 0 aromatic carbocycles. The second-order valence-corrected chi connectivity index (χ2v) is 4.85. The molecule has 4 nitrogen and oxygen atoms in total. The Morgan fingerprint density at radius 2 is 2.12 bits per heavy atom. The zero-order chi connectivity index (χ0) is 11.4. The molecule has 0 bridgehead atoms. The molecule has 2 rings (SSSR count). The molecule has 16 heavy (non-hydrogen) atoms. The predicted octanol–water partition coefficient (Wildman–Crippen LogP) is 1.03. The van der Waals surface area contributed by atoms with E-state index in [4.69, 9.17) is 14.6 Å². The van der Waals surface area contributed by atoms with Crippen LogP contribution in [-0.2, 0) is 9.47 Å². The Morgan fingerprint density at radius 3 is 2.75 bits per heavy atom. The summed E-state index contributed by atoms with van der Waals surface area (Å²) in [6.45, 7) is 0.851. The van der Waals surface area contributed by atoms with Crippen molar-refractivity contribution in [3.63, 3.8) is 0 Å². The number of ether oxygens (including phenoxy) is 2. The van der Waals surface area contributed by atoms with E-state index in [9.17, 15) is 0 Å². The van der Waals surface area contributed by atoms with Crippen LogP contribution in [0.25, 0.3) is 0 Å². The number of hydrogen-bond donors (Lipinski definition) is 2. The van der Waals surface area contributed by atoms with Crippen LogP contribution < -0.4 is 5.32 Å². The lowest BCUT2D eigenvalue weighted by atomic mass is 9.94. The highest BCUT2D eigenvalue weighted by atomic mass is 16.7. The van der Waals surface area contributed by atoms with Crippen molar-refractivity contribution in [2.75, 3.05) is 20.3 Å². The summed E-state index contributed by atoms with van der Waals surface area (Å²) >= 11 is 0. The molecule has 1 aliphatic heterocycles. The van der Waals surface area contributed by atoms with Crippen LogP contribution in [0.3, 0.4) is 0 Å². The highest BCUT2D eigenvalue weighted by Crippen LogP contribution is 2.38. The predicted molar refractivity (Wildman–Crippen MR) is 61.2 cm³/mol. The molecule has 4 heteroatoms. The SMILES string of the molecule is CN[C@@H](CCO)[C@H]1COC2(CCCCC2)O1. The summed E-state index contributed by atoms with van der Waals surface area (Å²) in [7, 11) is 1.91. The molecule has 2 N–H and O–H groups in total. The molecule has 1 saturated heterocycles. The summed E-state index contributed by atoms with van der Waals surface area (Å²) in [4.78, 5) is 0. The number of likely N-dealkylation sites (N-methyl/N-ethyl adjacent to an activating group) is 1. The Labute approximate surface area is 97.3 Å². The second kappa shape index (κ2) is 5.45. The van der Waals surface area contributed by atoms with E-state index in [1.54, 1.807) is 0 Å². The number of nitrogens with one attached hydrogen (secondary N) is 1. The van der Waals surface area contributed by atoms with Crippen LogP contribution in [0.5, 0.6) is 0 Å². The van der Waals surface area contributed by atoms with Gasteiger partial charge in [0.25, 0.3) is 0 Å². The van der Waals surface area contributed by atoms with Crippen molar-refractivity contribution in [2.24, 2.45) is 0 Å². The summed E-state index contributed by atoms with van der Waals surface area (Å²) in [6.07, 6.45) is 6.58. The Bertz CT molecular complexity index is 216. The quantitative estimate of drug-likeness (QED) is 0.756. The summed E-state index contributed by atoms with van der Waals surface area (Å²) in [6, 6.07) is 0.200. The van der Waals surface area contributed by atoms with Gasteiger partial charge in [-0.1, -0.05) is 6.42 Å². The molecule has 1 aliphatic carbocycles. The lowest BCUT2D eigenvalue weighted by Crippen LogP contribution is -2.42. The van der Waals surface area contributed by atoms with E-state index in [-0.39, 0.29) is 24.5 Å². The van der Waals surface area contributed by atoms with Gasteiger partial charge in [0.05, 0.1) is 12.7 Å². The molecular weight excluding hydrogens is 206 g/mol. The van der Waals surface area contributed by atoms with Gasteiger partial charge in [0, 0.05) is 25.5 Å². The van der Waals surface area contributed by atoms with E-state index >= 15 is 0 Å². The van der Waals surface area contributed by atoms with Crippen LogP contribution in [-0.4, -0.2) is 43.3 Å². The van der Waals surface area contributed by atoms with Crippen molar-refractivity contribution < 1.29 is 14.6 Å². The van der Waals surface area contributed by atoms with Gasteiger partial charge in [-0.05, 0) is 26.3 Å². The van der Waals surface area contributed by atoms with Crippen LogP contribution in [0.2, 0.25) is 0 Å². The van der Waals surface area contributed by atoms with Gasteiger partial charge in [0.15, 0.2) is 5.79 Å². The maximum absolute atomic E-state index is 8.99. The number of hydrogen-bond acceptors (Lipinski definition) is 4. The van der Waals surface area contributed by atoms with Crippen molar-refractivity contribution >= 4 is 0 Å². The lowest BCUT2D eigenvalue weighted by molar-refractivity contribution is -0.189. The lowest BCUT2D eigenvalue weighted by Gasteiger charge is -2.32. The van der Waals surface area contributed by atoms with Gasteiger partial charge in [-0.25, -0.2) is 0 Å². The van der Waals surface area contributed by atoms with Gasteiger partial charge in [-0.2, -0.15) is 0 Å². The average Bonchev–Trinajstić information content (AvgIpc) is 2.71. The fourth-order valence-corrected chi connectivity index (χ4v) is 2.78. The van der Waals surface area contributed by atoms with Crippen LogP contribution in [0.4, 0.5) is 0 Å². The molecule has 0 unspecified atom stereocenters. The summed E-state index contributed by atoms with van der Waals surface area (Å²) < 4.78 is 12.0. The van der Waals surface area contributed by atoms with Crippen LogP contribution in [0.15, 0.2) is 0 Å². The maximum Gasteiger partial charge on any atom is 0.168 e. The third-order valence-electron chi connectivity index (χ3n) is 3.75. The summed E-state index contributed by atoms with van der Waals surface area (Å²) in [5.41, 5.74) is 0. The molecule has 0 radical (unpaired) electrons. The molecule has 0 aromatic heterocycles. The number of rotatable bonds is 4. The minimum atomic E-state index is -0.298. The largest absolute Gasteiger partial charge is 0.396 e. The standard InChI is InChI=1S/C12H23NO3/c1-13-10(5-8-14)11-9-15-12(16-11)6-3-2-4-7-12/h10-11,13-14H,2-9H2,1H3/t10-,11+/m0/s1. The first kappa shape index (κ1) is 12.3. The minimum Gasteiger partial charge on any atom is -0.396 e. The Balaban J connectivity index is 1.90. The van der Waals surface area contributed by atoms with Crippen molar-refractivity contribution in [2.45, 2.75) is 56.5 Å². The van der Waals surface area contributed by atoms with E-state index < -0.39 is 0 Å². The maximum atomic E-state index is 8.99. The zero-order valence-corrected chi connectivity index (χ0v) is 10.1. The number of aliphatic hydroxyl groups excluding tert-OH is 1. The van der Waals surface area contributed by atoms with E-state index in [0.717, 1.165) is 19.3 Å². The molecule has 1 saturated carbocycles. The summed E-state index contributed by atoms with van der Waals surface area (Å²) in [5, 5.41) is 12.2. The Morgan fingerprint density at radius 1 is 1.38 bits per heavy atom. The van der Waals surface area contributed by atoms with Gasteiger partial charge in [-0.3, -0.25) is 0 Å². The third-order valence-corrected chi connectivity index (χ3v) is 3.75. The summed E-state index contributed by atoms with van der Waals surface area (Å²) in [5.74, 6) is -0.298. The van der Waals surface area contributed by atoms with Crippen LogP contribution in [0.1, 0.15) is 38.5 Å². The molecule has 0 amide bonds. The van der Waals surface area contributed by atoms with E-state index in [1.807, 2.05) is 7.05 Å². The monoisotopic (exact) mass is 229 g/mol. The molecule has 1 spiro atoms. The van der Waals surface area contributed by atoms with E-state index in [0.29, 0.717) is 6.61 Å². The van der Waals surface area contributed by atoms with Gasteiger partial charge < -0.3 is 19.9 Å². The molecule has 2 fully saturated rings. The first-order valence-electron chi connectivity index (χ1n) is 6.39. The number of aliphatic hydroxyl groups is 1. The van der Waals surface area contributed by atoms with Gasteiger partial charge in [0.2, 0.25) is 0 Å². The Kier molecular flexibility index (Phi) is 4.19. The second-order valence-electron chi connectivity index (χ2n) is 4.85. The molecule has 2 atom stereocenters. The van der Waals surface area contributed by atoms with Crippen molar-refractivity contribution in [3.8, 4) is 0 Å². The van der Waals surface area contributed by atoms with Gasteiger partial charge >= 0.3 is 0 Å². The fraction of sp³-hybridized carbons (Fsp3) is 1.00. The third kappa shape index (κ3) is 2.56. The highest BCUT2D eigenvalue weighted by Gasteiger charge is 2.44. The van der Waals surface area contributed by atoms with Crippen LogP contribution >= 0.6 is 0 Å². The molecule has 1 heterocycles. The van der Waals surface area contributed by atoms with Crippen molar-refractivity contribution in [3.05, 3.63) is 0 Å².